The van der Waals surface area contributed by atoms with Crippen molar-refractivity contribution in [3.8, 4) is 5.69 Å². The van der Waals surface area contributed by atoms with Gasteiger partial charge in [-0.1, -0.05) is 24.3 Å². The summed E-state index contributed by atoms with van der Waals surface area (Å²) >= 11 is 1.50. The summed E-state index contributed by atoms with van der Waals surface area (Å²) in [6.45, 7) is 5.40. The molecular weight excluding hydrogens is 400 g/mol. The largest absolute Gasteiger partial charge is 0.455 e. The Bertz CT molecular complexity index is 1020. The Hall–Kier alpha value is -3.13. The summed E-state index contributed by atoms with van der Waals surface area (Å²) in [5.74, 6) is -0.115. The smallest absolute Gasteiger partial charge is 0.359 e. The van der Waals surface area contributed by atoms with Gasteiger partial charge in [0.2, 0.25) is 11.9 Å². The van der Waals surface area contributed by atoms with Crippen molar-refractivity contribution < 1.29 is 14.3 Å². The molecule has 7 nitrogen and oxygen atoms in total. The average molecular weight is 427 g/mol. The van der Waals surface area contributed by atoms with Gasteiger partial charge in [-0.25, -0.2) is 4.79 Å². The van der Waals surface area contributed by atoms with E-state index in [2.05, 4.69) is 10.3 Å². The molecule has 0 radical (unpaired) electrons. The molecular formula is C22H26N4O3S. The molecule has 158 valence electrons. The Morgan fingerprint density at radius 3 is 2.40 bits per heavy atom. The lowest BCUT2D eigenvalue weighted by molar-refractivity contribution is -0.115. The molecule has 0 unspecified atom stereocenters. The van der Waals surface area contributed by atoms with Crippen LogP contribution in [0.25, 0.3) is 5.69 Å². The van der Waals surface area contributed by atoms with Crippen LogP contribution in [-0.2, 0) is 16.0 Å². The van der Waals surface area contributed by atoms with Crippen LogP contribution in [0.4, 0.5) is 11.8 Å². The number of esters is 1. The number of amides is 1. The Kier molecular flexibility index (Phi) is 6.26. The highest BCUT2D eigenvalue weighted by Crippen LogP contribution is 2.29. The molecule has 1 aromatic carbocycles. The van der Waals surface area contributed by atoms with Gasteiger partial charge in [0.1, 0.15) is 5.60 Å². The summed E-state index contributed by atoms with van der Waals surface area (Å²) in [6, 6.07) is 13.2. The van der Waals surface area contributed by atoms with Crippen molar-refractivity contribution in [1.29, 1.82) is 0 Å². The highest BCUT2D eigenvalue weighted by molar-refractivity contribution is 7.10. The van der Waals surface area contributed by atoms with Crippen molar-refractivity contribution in [2.24, 2.45) is 0 Å². The van der Waals surface area contributed by atoms with Crippen molar-refractivity contribution in [1.82, 2.24) is 9.55 Å². The maximum atomic E-state index is 13.2. The van der Waals surface area contributed by atoms with E-state index in [-0.39, 0.29) is 23.8 Å². The van der Waals surface area contributed by atoms with Gasteiger partial charge >= 0.3 is 5.97 Å². The molecule has 0 atom stereocenters. The van der Waals surface area contributed by atoms with Gasteiger partial charge in [-0.15, -0.1) is 11.3 Å². The van der Waals surface area contributed by atoms with Crippen LogP contribution in [0.1, 0.15) is 36.1 Å². The Morgan fingerprint density at radius 2 is 1.83 bits per heavy atom. The van der Waals surface area contributed by atoms with Gasteiger partial charge in [0, 0.05) is 24.7 Å². The number of hydrogen-bond acceptors (Lipinski definition) is 6. The van der Waals surface area contributed by atoms with Gasteiger partial charge in [-0.05, 0) is 44.4 Å². The topological polar surface area (TPSA) is 76.5 Å². The van der Waals surface area contributed by atoms with Crippen LogP contribution < -0.4 is 10.2 Å². The summed E-state index contributed by atoms with van der Waals surface area (Å²) < 4.78 is 7.34. The van der Waals surface area contributed by atoms with E-state index in [1.807, 2.05) is 61.9 Å². The van der Waals surface area contributed by atoms with E-state index in [1.54, 1.807) is 30.2 Å². The lowest BCUT2D eigenvalue weighted by atomic mass is 10.2. The van der Waals surface area contributed by atoms with Crippen LogP contribution in [0.15, 0.2) is 47.8 Å². The maximum absolute atomic E-state index is 13.2. The minimum absolute atomic E-state index is 0.179. The first kappa shape index (κ1) is 21.6. The van der Waals surface area contributed by atoms with Crippen LogP contribution in [0.5, 0.6) is 0 Å². The molecule has 0 aliphatic carbocycles. The first-order chi connectivity index (χ1) is 14.2. The van der Waals surface area contributed by atoms with Gasteiger partial charge in [0.25, 0.3) is 0 Å². The molecule has 0 aliphatic rings. The second kappa shape index (κ2) is 8.71. The molecule has 0 saturated carbocycles. The first-order valence-corrected chi connectivity index (χ1v) is 10.4. The van der Waals surface area contributed by atoms with Crippen LogP contribution in [0.2, 0.25) is 0 Å². The van der Waals surface area contributed by atoms with Crippen LogP contribution >= 0.6 is 11.3 Å². The predicted molar refractivity (Wildman–Crippen MR) is 120 cm³/mol. The SMILES string of the molecule is CN(C)c1nc(NC(=O)Cc2cccs2)c(C(=O)OC(C)(C)C)n1-c1ccccc1. The molecule has 8 heteroatoms. The monoisotopic (exact) mass is 426 g/mol. The molecule has 0 fully saturated rings. The van der Waals surface area contributed by atoms with Gasteiger partial charge < -0.3 is 15.0 Å². The number of benzene rings is 1. The standard InChI is InChI=1S/C22H26N4O3S/c1-22(2,3)29-20(28)18-19(23-17(27)14-16-12-9-13-30-16)24-21(25(4)5)26(18)15-10-7-6-8-11-15/h6-13H,14H2,1-5H3,(H,23,27). The molecule has 0 spiro atoms. The zero-order chi connectivity index (χ0) is 21.9. The molecule has 2 aromatic heterocycles. The fourth-order valence-corrected chi connectivity index (χ4v) is 3.58. The number of aromatic nitrogens is 2. The Morgan fingerprint density at radius 1 is 1.13 bits per heavy atom. The molecule has 3 aromatic rings. The van der Waals surface area contributed by atoms with Crippen molar-refractivity contribution in [3.05, 3.63) is 58.4 Å². The number of hydrogen-bond donors (Lipinski definition) is 1. The van der Waals surface area contributed by atoms with E-state index in [1.165, 1.54) is 11.3 Å². The van der Waals surface area contributed by atoms with Crippen LogP contribution in [0, 0.1) is 0 Å². The van der Waals surface area contributed by atoms with Gasteiger partial charge in [0.05, 0.1) is 6.42 Å². The second-order valence-electron chi connectivity index (χ2n) is 7.98. The van der Waals surface area contributed by atoms with Crippen LogP contribution in [-0.4, -0.2) is 41.1 Å². The molecule has 30 heavy (non-hydrogen) atoms. The molecule has 1 N–H and O–H groups in total. The van der Waals surface area contributed by atoms with Crippen molar-refractivity contribution in [2.75, 3.05) is 24.3 Å². The number of carbonyl (C=O) groups excluding carboxylic acids is 2. The zero-order valence-corrected chi connectivity index (χ0v) is 18.6. The highest BCUT2D eigenvalue weighted by atomic mass is 32.1. The maximum Gasteiger partial charge on any atom is 0.359 e. The Balaban J connectivity index is 2.08. The first-order valence-electron chi connectivity index (χ1n) is 9.57. The lowest BCUT2D eigenvalue weighted by Crippen LogP contribution is -2.27. The van der Waals surface area contributed by atoms with Crippen molar-refractivity contribution >= 4 is 35.0 Å². The summed E-state index contributed by atoms with van der Waals surface area (Å²) in [7, 11) is 3.66. The zero-order valence-electron chi connectivity index (χ0n) is 17.8. The van der Waals surface area contributed by atoms with E-state index < -0.39 is 11.6 Å². The average Bonchev–Trinajstić information content (AvgIpc) is 3.28. The minimum Gasteiger partial charge on any atom is -0.455 e. The lowest BCUT2D eigenvalue weighted by Gasteiger charge is -2.21. The van der Waals surface area contributed by atoms with Crippen LogP contribution in [0.3, 0.4) is 0 Å². The summed E-state index contributed by atoms with van der Waals surface area (Å²) in [5, 5.41) is 4.73. The van der Waals surface area contributed by atoms with Gasteiger partial charge in [-0.2, -0.15) is 4.98 Å². The van der Waals surface area contributed by atoms with Gasteiger partial charge in [-0.3, -0.25) is 9.36 Å². The third-order valence-corrected chi connectivity index (χ3v) is 4.92. The van der Waals surface area contributed by atoms with Crippen molar-refractivity contribution in [3.63, 3.8) is 0 Å². The minimum atomic E-state index is -0.695. The van der Waals surface area contributed by atoms with Crippen molar-refractivity contribution in [2.45, 2.75) is 32.8 Å². The number of nitrogens with zero attached hydrogens (tertiary/aromatic N) is 3. The van der Waals surface area contributed by atoms with E-state index in [0.29, 0.717) is 5.95 Å². The predicted octanol–water partition coefficient (Wildman–Crippen LogP) is 4.14. The van der Waals surface area contributed by atoms with Gasteiger partial charge in [0.15, 0.2) is 11.5 Å². The number of imidazole rings is 1. The highest BCUT2D eigenvalue weighted by Gasteiger charge is 2.30. The fraction of sp³-hybridized carbons (Fsp3) is 0.318. The van der Waals surface area contributed by atoms with E-state index in [9.17, 15) is 9.59 Å². The van der Waals surface area contributed by atoms with E-state index >= 15 is 0 Å². The number of carbonyl (C=O) groups is 2. The summed E-state index contributed by atoms with van der Waals surface area (Å²) in [6.07, 6.45) is 0.209. The second-order valence-corrected chi connectivity index (χ2v) is 9.01. The number of nitrogens with one attached hydrogen (secondary N) is 1. The normalized spacial score (nSPS) is 11.2. The summed E-state index contributed by atoms with van der Waals surface area (Å²) in [4.78, 5) is 33.1. The van der Waals surface area contributed by atoms with E-state index in [0.717, 1.165) is 10.6 Å². The molecule has 1 amide bonds. The Labute approximate surface area is 180 Å². The number of para-hydroxylation sites is 1. The third kappa shape index (κ3) is 5.07. The molecule has 2 heterocycles. The third-order valence-electron chi connectivity index (χ3n) is 4.04. The quantitative estimate of drug-likeness (QED) is 0.600. The number of anilines is 2. The molecule has 3 rings (SSSR count). The fourth-order valence-electron chi connectivity index (χ4n) is 2.88. The molecule has 0 bridgehead atoms. The number of rotatable bonds is 6. The summed E-state index contributed by atoms with van der Waals surface area (Å²) in [5.41, 5.74) is 0.229. The van der Waals surface area contributed by atoms with E-state index in [4.69, 9.17) is 4.74 Å². The molecule has 0 saturated heterocycles. The number of ether oxygens (including phenoxy) is 1. The number of thiophene rings is 1. The molecule has 0 aliphatic heterocycles.